The molecule has 0 radical (unpaired) electrons. The fourth-order valence-electron chi connectivity index (χ4n) is 2.12. The quantitative estimate of drug-likeness (QED) is 0.633. The standard InChI is InChI=1S/C18H18F3NO4S/c19-18(20,21)12-3-1-4-14(9-12)26-11-13(23)10-22-17(25)7-6-15(24)16-5-2-8-27-16/h1-5,8-9,13,23H,6-7,10-11H2,(H,22,25). The number of hydrogen-bond acceptors (Lipinski definition) is 5. The number of benzene rings is 1. The van der Waals surface area contributed by atoms with Crippen molar-refractivity contribution in [3.63, 3.8) is 0 Å². The molecule has 0 saturated carbocycles. The van der Waals surface area contributed by atoms with E-state index in [1.807, 2.05) is 0 Å². The highest BCUT2D eigenvalue weighted by atomic mass is 32.1. The molecule has 146 valence electrons. The molecule has 27 heavy (non-hydrogen) atoms. The highest BCUT2D eigenvalue weighted by Gasteiger charge is 2.30. The Hall–Kier alpha value is -2.39. The third kappa shape index (κ3) is 7.03. The molecule has 2 aromatic rings. The first-order valence-corrected chi connectivity index (χ1v) is 8.95. The number of halogens is 3. The van der Waals surface area contributed by atoms with Crippen LogP contribution in [0.3, 0.4) is 0 Å². The Labute approximate surface area is 157 Å². The molecule has 0 saturated heterocycles. The normalized spacial score (nSPS) is 12.4. The van der Waals surface area contributed by atoms with Crippen molar-refractivity contribution in [2.45, 2.75) is 25.1 Å². The van der Waals surface area contributed by atoms with Crippen LogP contribution < -0.4 is 10.1 Å². The van der Waals surface area contributed by atoms with Crippen LogP contribution in [0.25, 0.3) is 0 Å². The molecule has 1 aromatic carbocycles. The van der Waals surface area contributed by atoms with Crippen LogP contribution in [0.15, 0.2) is 41.8 Å². The van der Waals surface area contributed by atoms with Crippen LogP contribution in [0, 0.1) is 0 Å². The van der Waals surface area contributed by atoms with Crippen molar-refractivity contribution in [2.75, 3.05) is 13.2 Å². The van der Waals surface area contributed by atoms with Gasteiger partial charge in [0.25, 0.3) is 0 Å². The molecule has 1 aromatic heterocycles. The number of carbonyl (C=O) groups excluding carboxylic acids is 2. The summed E-state index contributed by atoms with van der Waals surface area (Å²) in [6.07, 6.45) is -5.54. The van der Waals surface area contributed by atoms with Gasteiger partial charge >= 0.3 is 6.18 Å². The summed E-state index contributed by atoms with van der Waals surface area (Å²) in [4.78, 5) is 24.1. The average Bonchev–Trinajstić information content (AvgIpc) is 3.17. The Morgan fingerprint density at radius 2 is 1.96 bits per heavy atom. The largest absolute Gasteiger partial charge is 0.491 e. The van der Waals surface area contributed by atoms with Crippen molar-refractivity contribution in [1.29, 1.82) is 0 Å². The van der Waals surface area contributed by atoms with E-state index in [1.54, 1.807) is 17.5 Å². The number of nitrogens with one attached hydrogen (secondary N) is 1. The van der Waals surface area contributed by atoms with Gasteiger partial charge in [0.1, 0.15) is 18.5 Å². The summed E-state index contributed by atoms with van der Waals surface area (Å²) in [7, 11) is 0. The van der Waals surface area contributed by atoms with Crippen molar-refractivity contribution >= 4 is 23.0 Å². The molecule has 0 spiro atoms. The predicted molar refractivity (Wildman–Crippen MR) is 93.8 cm³/mol. The number of thiophene rings is 1. The highest BCUT2D eigenvalue weighted by Crippen LogP contribution is 2.31. The zero-order chi connectivity index (χ0) is 19.9. The number of carbonyl (C=O) groups is 2. The Morgan fingerprint density at radius 1 is 1.19 bits per heavy atom. The lowest BCUT2D eigenvalue weighted by Crippen LogP contribution is -2.35. The van der Waals surface area contributed by atoms with Gasteiger partial charge < -0.3 is 15.2 Å². The average molecular weight is 401 g/mol. The summed E-state index contributed by atoms with van der Waals surface area (Å²) in [5.41, 5.74) is -0.849. The molecule has 0 aliphatic heterocycles. The van der Waals surface area contributed by atoms with Gasteiger partial charge in [0.15, 0.2) is 5.78 Å². The fourth-order valence-corrected chi connectivity index (χ4v) is 2.82. The number of rotatable bonds is 9. The van der Waals surface area contributed by atoms with Gasteiger partial charge in [-0.2, -0.15) is 13.2 Å². The van der Waals surface area contributed by atoms with Crippen molar-refractivity contribution in [1.82, 2.24) is 5.32 Å². The molecule has 1 amide bonds. The first-order chi connectivity index (χ1) is 12.8. The lowest BCUT2D eigenvalue weighted by atomic mass is 10.2. The summed E-state index contributed by atoms with van der Waals surface area (Å²) < 4.78 is 43.0. The van der Waals surface area contributed by atoms with E-state index in [9.17, 15) is 27.9 Å². The van der Waals surface area contributed by atoms with Gasteiger partial charge in [-0.25, -0.2) is 0 Å². The third-order valence-electron chi connectivity index (χ3n) is 3.51. The molecule has 1 atom stereocenters. The molecule has 1 unspecified atom stereocenters. The van der Waals surface area contributed by atoms with Gasteiger partial charge in [-0.15, -0.1) is 11.3 Å². The first kappa shape index (κ1) is 20.9. The monoisotopic (exact) mass is 401 g/mol. The van der Waals surface area contributed by atoms with Crippen molar-refractivity contribution in [3.05, 3.63) is 52.2 Å². The van der Waals surface area contributed by atoms with Crippen LogP contribution in [0.1, 0.15) is 28.1 Å². The van der Waals surface area contributed by atoms with Crippen LogP contribution in [0.2, 0.25) is 0 Å². The lowest BCUT2D eigenvalue weighted by molar-refractivity contribution is -0.137. The van der Waals surface area contributed by atoms with Crippen LogP contribution in [0.5, 0.6) is 5.75 Å². The Balaban J connectivity index is 1.69. The Kier molecular flexibility index (Phi) is 7.37. The first-order valence-electron chi connectivity index (χ1n) is 8.07. The minimum Gasteiger partial charge on any atom is -0.491 e. The lowest BCUT2D eigenvalue weighted by Gasteiger charge is -2.14. The number of Topliss-reactive ketones (excluding diaryl/α,β-unsaturated/α-hetero) is 1. The SMILES string of the molecule is O=C(CCC(=O)c1cccs1)NCC(O)COc1cccc(C(F)(F)F)c1. The second-order valence-corrected chi connectivity index (χ2v) is 6.64. The third-order valence-corrected chi connectivity index (χ3v) is 4.42. The number of aliphatic hydroxyl groups is 1. The topological polar surface area (TPSA) is 75.6 Å². The maximum atomic E-state index is 12.6. The van der Waals surface area contributed by atoms with Crippen LogP contribution >= 0.6 is 11.3 Å². The Bertz CT molecular complexity index is 762. The van der Waals surface area contributed by atoms with Gasteiger partial charge in [-0.3, -0.25) is 9.59 Å². The molecule has 9 heteroatoms. The maximum Gasteiger partial charge on any atom is 0.416 e. The number of ketones is 1. The molecule has 0 aliphatic rings. The summed E-state index contributed by atoms with van der Waals surface area (Å²) in [5.74, 6) is -0.566. The molecule has 2 rings (SSSR count). The van der Waals surface area contributed by atoms with E-state index < -0.39 is 23.8 Å². The number of hydrogen-bond donors (Lipinski definition) is 2. The maximum absolute atomic E-state index is 12.6. The number of aliphatic hydroxyl groups excluding tert-OH is 1. The van der Waals surface area contributed by atoms with E-state index in [4.69, 9.17) is 4.74 Å². The fraction of sp³-hybridized carbons (Fsp3) is 0.333. The minimum atomic E-state index is -4.48. The molecular formula is C18H18F3NO4S. The van der Waals surface area contributed by atoms with Crippen LogP contribution in [-0.4, -0.2) is 36.1 Å². The molecule has 2 N–H and O–H groups in total. The van der Waals surface area contributed by atoms with Gasteiger partial charge in [-0.1, -0.05) is 12.1 Å². The van der Waals surface area contributed by atoms with E-state index in [1.165, 1.54) is 23.5 Å². The zero-order valence-corrected chi connectivity index (χ0v) is 15.0. The summed E-state index contributed by atoms with van der Waals surface area (Å²) in [6.45, 7) is -0.416. The van der Waals surface area contributed by atoms with Gasteiger partial charge in [0.2, 0.25) is 5.91 Å². The van der Waals surface area contributed by atoms with Gasteiger partial charge in [0.05, 0.1) is 10.4 Å². The summed E-state index contributed by atoms with van der Waals surface area (Å²) in [6, 6.07) is 7.73. The number of amides is 1. The Morgan fingerprint density at radius 3 is 2.63 bits per heavy atom. The minimum absolute atomic E-state index is 0.0159. The van der Waals surface area contributed by atoms with Crippen molar-refractivity contribution in [3.8, 4) is 5.75 Å². The van der Waals surface area contributed by atoms with Crippen molar-refractivity contribution in [2.24, 2.45) is 0 Å². The number of alkyl halides is 3. The number of ether oxygens (including phenoxy) is 1. The smallest absolute Gasteiger partial charge is 0.416 e. The van der Waals surface area contributed by atoms with E-state index >= 15 is 0 Å². The van der Waals surface area contributed by atoms with E-state index in [-0.39, 0.29) is 37.5 Å². The van der Waals surface area contributed by atoms with E-state index in [0.29, 0.717) is 4.88 Å². The van der Waals surface area contributed by atoms with E-state index in [0.717, 1.165) is 12.1 Å². The molecular weight excluding hydrogens is 383 g/mol. The van der Waals surface area contributed by atoms with Crippen LogP contribution in [0.4, 0.5) is 13.2 Å². The van der Waals surface area contributed by atoms with Crippen molar-refractivity contribution < 1.29 is 32.6 Å². The molecule has 0 bridgehead atoms. The highest BCUT2D eigenvalue weighted by molar-refractivity contribution is 7.12. The molecule has 0 aliphatic carbocycles. The molecule has 5 nitrogen and oxygen atoms in total. The van der Waals surface area contributed by atoms with Crippen LogP contribution in [-0.2, 0) is 11.0 Å². The zero-order valence-electron chi connectivity index (χ0n) is 14.2. The molecule has 0 fully saturated rings. The molecule has 1 heterocycles. The summed E-state index contributed by atoms with van der Waals surface area (Å²) in [5, 5.41) is 14.0. The second kappa shape index (κ2) is 9.52. The second-order valence-electron chi connectivity index (χ2n) is 5.69. The van der Waals surface area contributed by atoms with Gasteiger partial charge in [0, 0.05) is 19.4 Å². The summed E-state index contributed by atoms with van der Waals surface area (Å²) >= 11 is 1.30. The van der Waals surface area contributed by atoms with E-state index in [2.05, 4.69) is 5.32 Å². The van der Waals surface area contributed by atoms with Gasteiger partial charge in [-0.05, 0) is 29.6 Å². The predicted octanol–water partition coefficient (Wildman–Crippen LogP) is 3.29.